The molecule has 4 heteroatoms. The van der Waals surface area contributed by atoms with Crippen molar-refractivity contribution in [2.24, 2.45) is 5.92 Å². The minimum absolute atomic E-state index is 0.264. The van der Waals surface area contributed by atoms with Crippen molar-refractivity contribution in [3.63, 3.8) is 0 Å². The molecule has 0 saturated heterocycles. The Kier molecular flexibility index (Phi) is 3.45. The van der Waals surface area contributed by atoms with E-state index in [-0.39, 0.29) is 6.10 Å². The zero-order chi connectivity index (χ0) is 11.7. The Morgan fingerprint density at radius 3 is 2.94 bits per heavy atom. The molecule has 1 aromatic rings. The predicted molar refractivity (Wildman–Crippen MR) is 69.1 cm³/mol. The van der Waals surface area contributed by atoms with E-state index in [2.05, 4.69) is 17.2 Å². The molecule has 1 heterocycles. The lowest BCUT2D eigenvalue weighted by Gasteiger charge is -2.12. The van der Waals surface area contributed by atoms with Gasteiger partial charge in [0.15, 0.2) is 0 Å². The fraction of sp³-hybridized carbons (Fsp3) is 0.769. The van der Waals surface area contributed by atoms with Gasteiger partial charge in [0.05, 0.1) is 0 Å². The van der Waals surface area contributed by atoms with E-state index in [1.807, 2.05) is 17.5 Å². The number of aromatic nitrogens is 1. The van der Waals surface area contributed by atoms with Crippen molar-refractivity contribution in [1.82, 2.24) is 10.3 Å². The predicted octanol–water partition coefficient (Wildman–Crippen LogP) is 2.88. The number of thiazole rings is 1. The number of nitrogens with one attached hydrogen (secondary N) is 1. The van der Waals surface area contributed by atoms with Gasteiger partial charge in [0.2, 0.25) is 0 Å². The molecule has 0 aromatic carbocycles. The number of nitrogens with zero attached hydrogens (tertiary/aromatic N) is 1. The first kappa shape index (κ1) is 11.6. The van der Waals surface area contributed by atoms with Crippen LogP contribution in [0.3, 0.4) is 0 Å². The zero-order valence-corrected chi connectivity index (χ0v) is 11.1. The minimum atomic E-state index is 0.264. The van der Waals surface area contributed by atoms with Crippen molar-refractivity contribution in [3.8, 4) is 0 Å². The van der Waals surface area contributed by atoms with Gasteiger partial charge in [-0.05, 0) is 38.5 Å². The average molecular weight is 252 g/mol. The van der Waals surface area contributed by atoms with Crippen molar-refractivity contribution in [3.05, 3.63) is 16.1 Å². The lowest BCUT2D eigenvalue weighted by atomic mass is 10.2. The lowest BCUT2D eigenvalue weighted by molar-refractivity contribution is 0.0462. The van der Waals surface area contributed by atoms with Crippen LogP contribution in [0.4, 0.5) is 0 Å². The van der Waals surface area contributed by atoms with Crippen LogP contribution in [0.15, 0.2) is 6.20 Å². The third-order valence-corrected chi connectivity index (χ3v) is 4.41. The van der Waals surface area contributed by atoms with E-state index in [1.54, 1.807) is 0 Å². The lowest BCUT2D eigenvalue weighted by Crippen LogP contribution is -2.14. The number of hydrogen-bond donors (Lipinski definition) is 1. The largest absolute Gasteiger partial charge is 0.371 e. The summed E-state index contributed by atoms with van der Waals surface area (Å²) in [5.41, 5.74) is 0. The standard InChI is InChI=1S/C13H20N2OS/c1-2-16-12(9-3-4-9)13-15-8-11(17-13)7-14-10-5-6-10/h8-10,12,14H,2-7H2,1H3. The molecule has 94 valence electrons. The Morgan fingerprint density at radius 2 is 2.29 bits per heavy atom. The van der Waals surface area contributed by atoms with Crippen LogP contribution in [-0.4, -0.2) is 17.6 Å². The molecule has 2 saturated carbocycles. The fourth-order valence-corrected chi connectivity index (χ4v) is 3.07. The SMILES string of the molecule is CCOC(c1ncc(CNC2CC2)s1)C1CC1. The number of ether oxygens (including phenoxy) is 1. The van der Waals surface area contributed by atoms with Crippen molar-refractivity contribution >= 4 is 11.3 Å². The average Bonchev–Trinajstić information content (AvgIpc) is 3.23. The Bertz CT molecular complexity index is 371. The molecule has 1 atom stereocenters. The van der Waals surface area contributed by atoms with E-state index in [4.69, 9.17) is 4.74 Å². The molecule has 1 aromatic heterocycles. The quantitative estimate of drug-likeness (QED) is 0.810. The Morgan fingerprint density at radius 1 is 1.47 bits per heavy atom. The molecular weight excluding hydrogens is 232 g/mol. The first-order valence-electron chi connectivity index (χ1n) is 6.66. The van der Waals surface area contributed by atoms with Gasteiger partial charge < -0.3 is 10.1 Å². The van der Waals surface area contributed by atoms with Crippen molar-refractivity contribution < 1.29 is 4.74 Å². The fourth-order valence-electron chi connectivity index (χ4n) is 2.06. The third-order valence-electron chi connectivity index (χ3n) is 3.35. The van der Waals surface area contributed by atoms with Gasteiger partial charge in [-0.1, -0.05) is 0 Å². The summed E-state index contributed by atoms with van der Waals surface area (Å²) in [4.78, 5) is 5.89. The normalized spacial score (nSPS) is 21.7. The van der Waals surface area contributed by atoms with Crippen LogP contribution in [0.5, 0.6) is 0 Å². The van der Waals surface area contributed by atoms with Gasteiger partial charge in [-0.3, -0.25) is 0 Å². The monoisotopic (exact) mass is 252 g/mol. The summed E-state index contributed by atoms with van der Waals surface area (Å²) in [6, 6.07) is 0.770. The second-order valence-corrected chi connectivity index (χ2v) is 6.18. The smallest absolute Gasteiger partial charge is 0.122 e. The van der Waals surface area contributed by atoms with Crippen LogP contribution in [0.25, 0.3) is 0 Å². The second-order valence-electron chi connectivity index (χ2n) is 5.03. The third kappa shape index (κ3) is 3.06. The molecule has 2 fully saturated rings. The molecule has 17 heavy (non-hydrogen) atoms. The minimum Gasteiger partial charge on any atom is -0.371 e. The molecule has 1 N–H and O–H groups in total. The molecule has 2 aliphatic rings. The van der Waals surface area contributed by atoms with Crippen LogP contribution in [0.1, 0.15) is 48.6 Å². The molecule has 2 aliphatic carbocycles. The summed E-state index contributed by atoms with van der Waals surface area (Å²) in [5, 5.41) is 4.71. The highest BCUT2D eigenvalue weighted by molar-refractivity contribution is 7.11. The highest BCUT2D eigenvalue weighted by atomic mass is 32.1. The van der Waals surface area contributed by atoms with E-state index >= 15 is 0 Å². The Hall–Kier alpha value is -0.450. The van der Waals surface area contributed by atoms with Crippen molar-refractivity contribution in [1.29, 1.82) is 0 Å². The van der Waals surface area contributed by atoms with Gasteiger partial charge in [0, 0.05) is 30.3 Å². The summed E-state index contributed by atoms with van der Waals surface area (Å²) < 4.78 is 5.83. The van der Waals surface area contributed by atoms with Gasteiger partial charge in [0.25, 0.3) is 0 Å². The molecule has 1 unspecified atom stereocenters. The van der Waals surface area contributed by atoms with Gasteiger partial charge in [0.1, 0.15) is 11.1 Å². The Labute approximate surface area is 107 Å². The second kappa shape index (κ2) is 5.04. The molecule has 0 aliphatic heterocycles. The van der Waals surface area contributed by atoms with Gasteiger partial charge in [-0.25, -0.2) is 4.98 Å². The van der Waals surface area contributed by atoms with Crippen LogP contribution < -0.4 is 5.32 Å². The van der Waals surface area contributed by atoms with E-state index in [1.165, 1.54) is 35.6 Å². The molecule has 3 nitrogen and oxygen atoms in total. The van der Waals surface area contributed by atoms with E-state index in [9.17, 15) is 0 Å². The maximum absolute atomic E-state index is 5.83. The van der Waals surface area contributed by atoms with Crippen molar-refractivity contribution in [2.75, 3.05) is 6.61 Å². The first-order valence-corrected chi connectivity index (χ1v) is 7.48. The van der Waals surface area contributed by atoms with Crippen molar-refractivity contribution in [2.45, 2.75) is 51.3 Å². The molecule has 0 spiro atoms. The zero-order valence-electron chi connectivity index (χ0n) is 10.3. The topological polar surface area (TPSA) is 34.1 Å². The van der Waals surface area contributed by atoms with E-state index in [0.29, 0.717) is 0 Å². The van der Waals surface area contributed by atoms with Gasteiger partial charge in [-0.15, -0.1) is 11.3 Å². The maximum Gasteiger partial charge on any atom is 0.122 e. The van der Waals surface area contributed by atoms with Crippen LogP contribution in [-0.2, 0) is 11.3 Å². The molecule has 3 rings (SSSR count). The summed E-state index contributed by atoms with van der Waals surface area (Å²) in [7, 11) is 0. The maximum atomic E-state index is 5.83. The summed E-state index contributed by atoms with van der Waals surface area (Å²) in [6.45, 7) is 3.83. The summed E-state index contributed by atoms with van der Waals surface area (Å²) >= 11 is 1.82. The van der Waals surface area contributed by atoms with Crippen LogP contribution >= 0.6 is 11.3 Å². The van der Waals surface area contributed by atoms with Gasteiger partial charge in [-0.2, -0.15) is 0 Å². The van der Waals surface area contributed by atoms with Crippen LogP contribution in [0, 0.1) is 5.92 Å². The highest BCUT2D eigenvalue weighted by Crippen LogP contribution is 2.44. The summed E-state index contributed by atoms with van der Waals surface area (Å²) in [6.07, 6.45) is 7.58. The molecule has 0 bridgehead atoms. The van der Waals surface area contributed by atoms with E-state index in [0.717, 1.165) is 25.1 Å². The summed E-state index contributed by atoms with van der Waals surface area (Å²) in [5.74, 6) is 0.727. The van der Waals surface area contributed by atoms with Crippen LogP contribution in [0.2, 0.25) is 0 Å². The van der Waals surface area contributed by atoms with Gasteiger partial charge >= 0.3 is 0 Å². The molecule has 0 radical (unpaired) electrons. The molecule has 0 amide bonds. The molecular formula is C13H20N2OS. The first-order chi connectivity index (χ1) is 8.36. The van der Waals surface area contributed by atoms with E-state index < -0.39 is 0 Å². The Balaban J connectivity index is 1.60. The number of hydrogen-bond acceptors (Lipinski definition) is 4. The highest BCUT2D eigenvalue weighted by Gasteiger charge is 2.34. The number of rotatable bonds is 7.